The standard InChI is InChI=1S/C13H14N2O4/c1-13(2,12(18)19)6-15-10(16)7-4-3-5-8(14)9(7)11(15)17/h3-5H,6,14H2,1-2H3,(H,18,19). The van der Waals surface area contributed by atoms with Gasteiger partial charge in [-0.05, 0) is 26.0 Å². The SMILES string of the molecule is CC(C)(CN1C(=O)c2cccc(N)c2C1=O)C(=O)O. The first-order chi connectivity index (χ1) is 8.75. The fourth-order valence-electron chi connectivity index (χ4n) is 1.97. The lowest BCUT2D eigenvalue weighted by Gasteiger charge is -2.24. The number of rotatable bonds is 3. The van der Waals surface area contributed by atoms with E-state index in [1.54, 1.807) is 6.07 Å². The van der Waals surface area contributed by atoms with Crippen molar-refractivity contribution in [2.45, 2.75) is 13.8 Å². The van der Waals surface area contributed by atoms with Crippen LogP contribution in [0, 0.1) is 5.41 Å². The average molecular weight is 262 g/mol. The Labute approximate surface area is 109 Å². The Kier molecular flexibility index (Phi) is 2.81. The van der Waals surface area contributed by atoms with Crippen molar-refractivity contribution in [3.63, 3.8) is 0 Å². The Balaban J connectivity index is 2.39. The van der Waals surface area contributed by atoms with Gasteiger partial charge in [-0.15, -0.1) is 0 Å². The van der Waals surface area contributed by atoms with Crippen molar-refractivity contribution in [3.05, 3.63) is 29.3 Å². The van der Waals surface area contributed by atoms with Crippen LogP contribution in [-0.2, 0) is 4.79 Å². The van der Waals surface area contributed by atoms with Crippen molar-refractivity contribution in [1.82, 2.24) is 4.90 Å². The molecule has 2 amide bonds. The van der Waals surface area contributed by atoms with E-state index in [0.29, 0.717) is 0 Å². The second kappa shape index (κ2) is 4.08. The van der Waals surface area contributed by atoms with Crippen molar-refractivity contribution >= 4 is 23.5 Å². The van der Waals surface area contributed by atoms with Gasteiger partial charge in [0.25, 0.3) is 11.8 Å². The largest absolute Gasteiger partial charge is 0.481 e. The number of nitrogens with zero attached hydrogens (tertiary/aromatic N) is 1. The fraction of sp³-hybridized carbons (Fsp3) is 0.308. The molecule has 0 saturated heterocycles. The van der Waals surface area contributed by atoms with E-state index in [1.165, 1.54) is 26.0 Å². The molecule has 0 unspecified atom stereocenters. The Morgan fingerprint density at radius 2 is 1.95 bits per heavy atom. The van der Waals surface area contributed by atoms with Crippen LogP contribution in [0.3, 0.4) is 0 Å². The van der Waals surface area contributed by atoms with Gasteiger partial charge in [0.15, 0.2) is 0 Å². The number of hydrogen-bond acceptors (Lipinski definition) is 4. The minimum atomic E-state index is -1.21. The molecule has 3 N–H and O–H groups in total. The highest BCUT2D eigenvalue weighted by Crippen LogP contribution is 2.30. The smallest absolute Gasteiger partial charge is 0.310 e. The number of carboxylic acids is 1. The number of nitrogen functional groups attached to an aromatic ring is 1. The number of aliphatic carboxylic acids is 1. The predicted molar refractivity (Wildman–Crippen MR) is 67.6 cm³/mol. The summed E-state index contributed by atoms with van der Waals surface area (Å²) in [6, 6.07) is 4.64. The van der Waals surface area contributed by atoms with Crippen LogP contribution in [0.4, 0.5) is 5.69 Å². The Hall–Kier alpha value is -2.37. The highest BCUT2D eigenvalue weighted by Gasteiger charge is 2.41. The predicted octanol–water partition coefficient (Wildman–Crippen LogP) is 0.976. The van der Waals surface area contributed by atoms with E-state index in [-0.39, 0.29) is 23.4 Å². The summed E-state index contributed by atoms with van der Waals surface area (Å²) in [5.74, 6) is -2.11. The number of carboxylic acid groups (broad SMARTS) is 1. The van der Waals surface area contributed by atoms with Crippen molar-refractivity contribution in [3.8, 4) is 0 Å². The van der Waals surface area contributed by atoms with Gasteiger partial charge in [-0.3, -0.25) is 19.3 Å². The van der Waals surface area contributed by atoms with E-state index in [4.69, 9.17) is 10.8 Å². The molecule has 0 radical (unpaired) electrons. The summed E-state index contributed by atoms with van der Waals surface area (Å²) in [4.78, 5) is 36.3. The number of benzene rings is 1. The van der Waals surface area contributed by atoms with Crippen LogP contribution in [0.25, 0.3) is 0 Å². The molecule has 0 fully saturated rings. The van der Waals surface area contributed by atoms with Gasteiger partial charge in [-0.1, -0.05) is 6.07 Å². The maximum atomic E-state index is 12.2. The molecular formula is C13H14N2O4. The third-order valence-corrected chi connectivity index (χ3v) is 3.16. The van der Waals surface area contributed by atoms with Crippen LogP contribution in [0.5, 0.6) is 0 Å². The summed E-state index contributed by atoms with van der Waals surface area (Å²) in [7, 11) is 0. The molecule has 1 aliphatic heterocycles. The fourth-order valence-corrected chi connectivity index (χ4v) is 1.97. The van der Waals surface area contributed by atoms with Gasteiger partial charge >= 0.3 is 5.97 Å². The van der Waals surface area contributed by atoms with Gasteiger partial charge in [0.1, 0.15) is 0 Å². The molecule has 0 aromatic heterocycles. The van der Waals surface area contributed by atoms with E-state index in [1.807, 2.05) is 0 Å². The van der Waals surface area contributed by atoms with Crippen molar-refractivity contribution in [2.75, 3.05) is 12.3 Å². The van der Waals surface area contributed by atoms with Gasteiger partial charge in [0.2, 0.25) is 0 Å². The lowest BCUT2D eigenvalue weighted by Crippen LogP contribution is -2.42. The van der Waals surface area contributed by atoms with Crippen LogP contribution in [0.15, 0.2) is 18.2 Å². The molecule has 1 aromatic carbocycles. The average Bonchev–Trinajstić information content (AvgIpc) is 2.55. The minimum absolute atomic E-state index is 0.161. The van der Waals surface area contributed by atoms with Crippen LogP contribution < -0.4 is 5.73 Å². The number of carbonyl (C=O) groups excluding carboxylic acids is 2. The van der Waals surface area contributed by atoms with Gasteiger partial charge in [0.05, 0.1) is 16.5 Å². The maximum Gasteiger partial charge on any atom is 0.310 e. The van der Waals surface area contributed by atoms with Gasteiger partial charge in [-0.25, -0.2) is 0 Å². The number of imide groups is 1. The summed E-state index contributed by atoms with van der Waals surface area (Å²) in [6.45, 7) is 2.73. The van der Waals surface area contributed by atoms with Gasteiger partial charge in [-0.2, -0.15) is 0 Å². The Bertz CT molecular complexity index is 592. The number of anilines is 1. The zero-order valence-corrected chi connectivity index (χ0v) is 10.6. The highest BCUT2D eigenvalue weighted by molar-refractivity contribution is 6.23. The van der Waals surface area contributed by atoms with E-state index >= 15 is 0 Å². The summed E-state index contributed by atoms with van der Waals surface area (Å²) in [5, 5.41) is 9.07. The molecule has 6 heteroatoms. The molecular weight excluding hydrogens is 248 g/mol. The number of hydrogen-bond donors (Lipinski definition) is 2. The summed E-state index contributed by atoms with van der Waals surface area (Å²) < 4.78 is 0. The number of fused-ring (bicyclic) bond motifs is 1. The van der Waals surface area contributed by atoms with Crippen LogP contribution in [0.1, 0.15) is 34.6 Å². The van der Waals surface area contributed by atoms with Crippen LogP contribution in [-0.4, -0.2) is 34.3 Å². The van der Waals surface area contributed by atoms with Crippen molar-refractivity contribution in [2.24, 2.45) is 5.41 Å². The first kappa shape index (κ1) is 13.1. The first-order valence-corrected chi connectivity index (χ1v) is 5.74. The molecule has 1 heterocycles. The molecule has 19 heavy (non-hydrogen) atoms. The van der Waals surface area contributed by atoms with Crippen molar-refractivity contribution in [1.29, 1.82) is 0 Å². The zero-order valence-electron chi connectivity index (χ0n) is 10.6. The Morgan fingerprint density at radius 3 is 2.47 bits per heavy atom. The maximum absolute atomic E-state index is 12.2. The lowest BCUT2D eigenvalue weighted by molar-refractivity contribution is -0.147. The monoisotopic (exact) mass is 262 g/mol. The van der Waals surface area contributed by atoms with E-state index in [2.05, 4.69) is 0 Å². The number of nitrogens with two attached hydrogens (primary N) is 1. The van der Waals surface area contributed by atoms with Gasteiger partial charge < -0.3 is 10.8 Å². The van der Waals surface area contributed by atoms with Gasteiger partial charge in [0, 0.05) is 12.2 Å². The molecule has 2 rings (SSSR count). The third kappa shape index (κ3) is 1.95. The molecule has 0 spiro atoms. The second-order valence-corrected chi connectivity index (χ2v) is 5.16. The summed E-state index contributed by atoms with van der Waals surface area (Å²) in [6.07, 6.45) is 0. The first-order valence-electron chi connectivity index (χ1n) is 5.74. The molecule has 100 valence electrons. The van der Waals surface area contributed by atoms with Crippen LogP contribution in [0.2, 0.25) is 0 Å². The lowest BCUT2D eigenvalue weighted by atomic mass is 9.93. The minimum Gasteiger partial charge on any atom is -0.481 e. The summed E-state index contributed by atoms with van der Waals surface area (Å²) in [5.41, 5.74) is 5.11. The van der Waals surface area contributed by atoms with Crippen LogP contribution >= 0.6 is 0 Å². The normalized spacial score (nSPS) is 14.7. The third-order valence-electron chi connectivity index (χ3n) is 3.16. The van der Waals surface area contributed by atoms with E-state index in [9.17, 15) is 14.4 Å². The molecule has 0 aliphatic carbocycles. The number of amides is 2. The number of carbonyl (C=O) groups is 3. The van der Waals surface area contributed by atoms with Crippen molar-refractivity contribution < 1.29 is 19.5 Å². The topological polar surface area (TPSA) is 101 Å². The zero-order chi connectivity index (χ0) is 14.4. The highest BCUT2D eigenvalue weighted by atomic mass is 16.4. The second-order valence-electron chi connectivity index (χ2n) is 5.16. The Morgan fingerprint density at radius 1 is 1.32 bits per heavy atom. The molecule has 0 bridgehead atoms. The molecule has 1 aromatic rings. The quantitative estimate of drug-likeness (QED) is 0.624. The molecule has 0 saturated carbocycles. The molecule has 1 aliphatic rings. The molecule has 6 nitrogen and oxygen atoms in total. The van der Waals surface area contributed by atoms with E-state index < -0.39 is 23.2 Å². The summed E-state index contributed by atoms with van der Waals surface area (Å²) >= 11 is 0. The molecule has 0 atom stereocenters. The van der Waals surface area contributed by atoms with E-state index in [0.717, 1.165) is 4.90 Å².